The van der Waals surface area contributed by atoms with Crippen LogP contribution in [-0.4, -0.2) is 17.6 Å². The van der Waals surface area contributed by atoms with Crippen molar-refractivity contribution in [2.45, 2.75) is 32.2 Å². The predicted molar refractivity (Wildman–Crippen MR) is 73.8 cm³/mol. The Kier molecular flexibility index (Phi) is 3.05. The first kappa shape index (κ1) is 11.4. The lowest BCUT2D eigenvalue weighted by molar-refractivity contribution is 0.470. The van der Waals surface area contributed by atoms with Crippen molar-refractivity contribution in [2.75, 3.05) is 6.54 Å². The number of nitrogens with zero attached hydrogens (tertiary/aromatic N) is 1. The summed E-state index contributed by atoms with van der Waals surface area (Å²) in [7, 11) is 0. The maximum Gasteiger partial charge on any atom is 0.109 e. The molecule has 0 aromatic carbocycles. The molecular formula is C14H17BrN2. The van der Waals surface area contributed by atoms with Crippen LogP contribution in [0.5, 0.6) is 0 Å². The van der Waals surface area contributed by atoms with Crippen molar-refractivity contribution in [3.05, 3.63) is 34.1 Å². The molecular weight excluding hydrogens is 276 g/mol. The molecule has 0 spiro atoms. The smallest absolute Gasteiger partial charge is 0.109 e. The molecule has 3 heteroatoms. The van der Waals surface area contributed by atoms with Gasteiger partial charge in [-0.1, -0.05) is 6.08 Å². The molecule has 3 rings (SSSR count). The van der Waals surface area contributed by atoms with E-state index in [9.17, 15) is 0 Å². The molecule has 0 amide bonds. The minimum atomic E-state index is 0.561. The van der Waals surface area contributed by atoms with E-state index < -0.39 is 0 Å². The molecule has 0 bridgehead atoms. The first-order valence-electron chi connectivity index (χ1n) is 6.31. The number of allylic oxidation sites excluding steroid dienone is 1. The van der Waals surface area contributed by atoms with Crippen LogP contribution in [0, 0.1) is 12.8 Å². The molecule has 1 aliphatic heterocycles. The van der Waals surface area contributed by atoms with E-state index in [0.717, 1.165) is 17.1 Å². The summed E-state index contributed by atoms with van der Waals surface area (Å²) in [6, 6.07) is 2.80. The second-order valence-corrected chi connectivity index (χ2v) is 5.80. The lowest BCUT2D eigenvalue weighted by Crippen LogP contribution is -2.30. The van der Waals surface area contributed by atoms with Gasteiger partial charge in [0.2, 0.25) is 0 Å². The van der Waals surface area contributed by atoms with Crippen LogP contribution in [0.3, 0.4) is 0 Å². The number of fused-ring (bicyclic) bond motifs is 1. The highest BCUT2D eigenvalue weighted by Crippen LogP contribution is 2.36. The number of pyridine rings is 1. The zero-order chi connectivity index (χ0) is 11.8. The molecule has 1 saturated heterocycles. The van der Waals surface area contributed by atoms with Crippen LogP contribution < -0.4 is 5.32 Å². The lowest BCUT2D eigenvalue weighted by atomic mass is 9.82. The Morgan fingerprint density at radius 3 is 3.12 bits per heavy atom. The van der Waals surface area contributed by atoms with Gasteiger partial charge in [0, 0.05) is 12.2 Å². The van der Waals surface area contributed by atoms with Gasteiger partial charge >= 0.3 is 0 Å². The van der Waals surface area contributed by atoms with E-state index in [4.69, 9.17) is 0 Å². The molecule has 1 aromatic heterocycles. The van der Waals surface area contributed by atoms with Crippen molar-refractivity contribution in [2.24, 2.45) is 5.92 Å². The van der Waals surface area contributed by atoms with Crippen LogP contribution in [0.15, 0.2) is 22.9 Å². The lowest BCUT2D eigenvalue weighted by Gasteiger charge is -2.27. The number of rotatable bonds is 1. The van der Waals surface area contributed by atoms with Gasteiger partial charge in [0.25, 0.3) is 0 Å². The summed E-state index contributed by atoms with van der Waals surface area (Å²) in [4.78, 5) is 4.42. The summed E-state index contributed by atoms with van der Waals surface area (Å²) in [5.41, 5.74) is 3.96. The molecule has 2 unspecified atom stereocenters. The number of hydrogen-bond donors (Lipinski definition) is 1. The molecule has 0 radical (unpaired) electrons. The zero-order valence-electron chi connectivity index (χ0n) is 10.0. The molecule has 2 atom stereocenters. The summed E-state index contributed by atoms with van der Waals surface area (Å²) in [5.74, 6) is 0.832. The molecule has 1 fully saturated rings. The average molecular weight is 293 g/mol. The normalized spacial score (nSPS) is 27.8. The number of nitrogens with one attached hydrogen (secondary N) is 1. The highest BCUT2D eigenvalue weighted by atomic mass is 79.9. The monoisotopic (exact) mass is 292 g/mol. The minimum Gasteiger partial charge on any atom is -0.310 e. The van der Waals surface area contributed by atoms with Crippen LogP contribution in [0.25, 0.3) is 5.57 Å². The molecule has 2 heterocycles. The number of aryl methyl sites for hydroxylation is 1. The molecule has 90 valence electrons. The summed E-state index contributed by atoms with van der Waals surface area (Å²) >= 11 is 3.46. The number of halogens is 1. The molecule has 1 aliphatic carbocycles. The van der Waals surface area contributed by atoms with Gasteiger partial charge in [-0.05, 0) is 77.3 Å². The van der Waals surface area contributed by atoms with Gasteiger partial charge in [0.1, 0.15) is 4.60 Å². The Bertz CT molecular complexity index is 467. The molecule has 17 heavy (non-hydrogen) atoms. The summed E-state index contributed by atoms with van der Waals surface area (Å²) in [6.45, 7) is 3.26. The fourth-order valence-electron chi connectivity index (χ4n) is 3.03. The van der Waals surface area contributed by atoms with Gasteiger partial charge in [0.05, 0.1) is 0 Å². The summed E-state index contributed by atoms with van der Waals surface area (Å²) in [6.07, 6.45) is 8.26. The third-order valence-electron chi connectivity index (χ3n) is 3.94. The highest BCUT2D eigenvalue weighted by molar-refractivity contribution is 9.10. The third-order valence-corrected chi connectivity index (χ3v) is 4.77. The van der Waals surface area contributed by atoms with Gasteiger partial charge < -0.3 is 5.32 Å². The van der Waals surface area contributed by atoms with Gasteiger partial charge in [-0.15, -0.1) is 0 Å². The second-order valence-electron chi connectivity index (χ2n) is 5.05. The van der Waals surface area contributed by atoms with E-state index in [-0.39, 0.29) is 0 Å². The van der Waals surface area contributed by atoms with E-state index in [1.165, 1.54) is 36.0 Å². The number of aromatic nitrogens is 1. The van der Waals surface area contributed by atoms with Crippen LogP contribution >= 0.6 is 15.9 Å². The first-order chi connectivity index (χ1) is 8.25. The van der Waals surface area contributed by atoms with Crippen molar-refractivity contribution < 1.29 is 0 Å². The minimum absolute atomic E-state index is 0.561. The standard InChI is InChI=1S/C14H17BrN2/c1-9-7-11(8-17-14(9)15)12-4-2-3-10-5-6-16-13(10)12/h4,7-8,10,13,16H,2-3,5-6H2,1H3. The Labute approximate surface area is 111 Å². The predicted octanol–water partition coefficient (Wildman–Crippen LogP) is 3.31. The van der Waals surface area contributed by atoms with Crippen molar-refractivity contribution in [1.82, 2.24) is 10.3 Å². The largest absolute Gasteiger partial charge is 0.310 e. The molecule has 1 aromatic rings. The van der Waals surface area contributed by atoms with Gasteiger partial charge in [-0.3, -0.25) is 0 Å². The fourth-order valence-corrected chi connectivity index (χ4v) is 3.24. The van der Waals surface area contributed by atoms with Gasteiger partial charge in [0.15, 0.2) is 0 Å². The second kappa shape index (κ2) is 4.54. The number of hydrogen-bond acceptors (Lipinski definition) is 2. The van der Waals surface area contributed by atoms with Crippen molar-refractivity contribution in [1.29, 1.82) is 0 Å². The summed E-state index contributed by atoms with van der Waals surface area (Å²) in [5, 5.41) is 3.63. The van der Waals surface area contributed by atoms with Crippen molar-refractivity contribution in [3.63, 3.8) is 0 Å². The van der Waals surface area contributed by atoms with E-state index in [1.54, 1.807) is 0 Å². The highest BCUT2D eigenvalue weighted by Gasteiger charge is 2.32. The maximum atomic E-state index is 4.42. The van der Waals surface area contributed by atoms with E-state index in [2.05, 4.69) is 45.3 Å². The maximum absolute atomic E-state index is 4.42. The quantitative estimate of drug-likeness (QED) is 0.804. The Balaban J connectivity index is 1.97. The topological polar surface area (TPSA) is 24.9 Å². The SMILES string of the molecule is Cc1cc(C2=CCCC3CCNC23)cnc1Br. The van der Waals surface area contributed by atoms with Gasteiger partial charge in [-0.25, -0.2) is 4.98 Å². The first-order valence-corrected chi connectivity index (χ1v) is 7.11. The average Bonchev–Trinajstić information content (AvgIpc) is 2.80. The fraction of sp³-hybridized carbons (Fsp3) is 0.500. The molecule has 2 nitrogen and oxygen atoms in total. The molecule has 1 N–H and O–H groups in total. The Hall–Kier alpha value is -0.670. The van der Waals surface area contributed by atoms with Crippen molar-refractivity contribution in [3.8, 4) is 0 Å². The summed E-state index contributed by atoms with van der Waals surface area (Å²) < 4.78 is 0.952. The van der Waals surface area contributed by atoms with Gasteiger partial charge in [-0.2, -0.15) is 0 Å². The molecule has 2 aliphatic rings. The van der Waals surface area contributed by atoms with E-state index >= 15 is 0 Å². The molecule has 0 saturated carbocycles. The zero-order valence-corrected chi connectivity index (χ0v) is 11.6. The van der Waals surface area contributed by atoms with Crippen molar-refractivity contribution >= 4 is 21.5 Å². The Morgan fingerprint density at radius 2 is 2.29 bits per heavy atom. The van der Waals surface area contributed by atoms with Crippen LogP contribution in [-0.2, 0) is 0 Å². The Morgan fingerprint density at radius 1 is 1.41 bits per heavy atom. The van der Waals surface area contributed by atoms with Crippen LogP contribution in [0.4, 0.5) is 0 Å². The van der Waals surface area contributed by atoms with E-state index in [1.807, 2.05) is 6.20 Å². The van der Waals surface area contributed by atoms with Crippen LogP contribution in [0.1, 0.15) is 30.4 Å². The van der Waals surface area contributed by atoms with E-state index in [0.29, 0.717) is 6.04 Å². The third kappa shape index (κ3) is 2.06. The van der Waals surface area contributed by atoms with Crippen LogP contribution in [0.2, 0.25) is 0 Å².